The summed E-state index contributed by atoms with van der Waals surface area (Å²) in [4.78, 5) is 11.7. The zero-order valence-electron chi connectivity index (χ0n) is 20.9. The third-order valence-electron chi connectivity index (χ3n) is 8.60. The van der Waals surface area contributed by atoms with Crippen LogP contribution in [0, 0.1) is 11.8 Å². The van der Waals surface area contributed by atoms with Crippen molar-refractivity contribution in [3.05, 3.63) is 6.07 Å². The Balaban J connectivity index is 0.957. The number of fused-ring (bicyclic) bond motifs is 2. The molecule has 8 heteroatoms. The molecule has 3 heterocycles. The molecule has 4 aliphatic rings. The number of hydrogen-bond acceptors (Lipinski definition) is 8. The molecule has 4 fully saturated rings. The highest BCUT2D eigenvalue weighted by Gasteiger charge is 2.38. The maximum absolute atomic E-state index is 6.12. The first-order valence-electron chi connectivity index (χ1n) is 14.1. The van der Waals surface area contributed by atoms with Gasteiger partial charge in [0.15, 0.2) is 0 Å². The van der Waals surface area contributed by atoms with Gasteiger partial charge in [0.25, 0.3) is 0 Å². The molecule has 2 saturated carbocycles. The lowest BCUT2D eigenvalue weighted by Gasteiger charge is -2.30. The molecule has 2 bridgehead atoms. The van der Waals surface area contributed by atoms with Gasteiger partial charge >= 0.3 is 0 Å². The van der Waals surface area contributed by atoms with Crippen LogP contribution in [0.25, 0.3) is 0 Å². The van der Waals surface area contributed by atoms with E-state index in [1.165, 1.54) is 83.7 Å². The number of nitrogens with two attached hydrogens (primary N) is 1. The van der Waals surface area contributed by atoms with Crippen molar-refractivity contribution in [3.8, 4) is 0 Å². The van der Waals surface area contributed by atoms with Gasteiger partial charge in [-0.3, -0.25) is 0 Å². The van der Waals surface area contributed by atoms with Crippen LogP contribution in [0.4, 0.5) is 17.6 Å². The molecule has 2 atom stereocenters. The van der Waals surface area contributed by atoms with Crippen molar-refractivity contribution >= 4 is 17.6 Å². The summed E-state index contributed by atoms with van der Waals surface area (Å²) < 4.78 is 0. The fourth-order valence-electron chi connectivity index (χ4n) is 6.53. The van der Waals surface area contributed by atoms with Gasteiger partial charge in [0, 0.05) is 43.8 Å². The van der Waals surface area contributed by atoms with Crippen LogP contribution in [0.15, 0.2) is 6.07 Å². The molecule has 190 valence electrons. The van der Waals surface area contributed by atoms with Gasteiger partial charge in [0.1, 0.15) is 11.6 Å². The molecule has 2 aliphatic heterocycles. The van der Waals surface area contributed by atoms with Crippen molar-refractivity contribution in [3.63, 3.8) is 0 Å². The number of aromatic nitrogens is 2. The Morgan fingerprint density at radius 3 is 2.50 bits per heavy atom. The van der Waals surface area contributed by atoms with Gasteiger partial charge in [0.2, 0.25) is 5.95 Å². The van der Waals surface area contributed by atoms with Crippen molar-refractivity contribution in [1.82, 2.24) is 25.9 Å². The summed E-state index contributed by atoms with van der Waals surface area (Å²) in [5.41, 5.74) is 6.12. The molecule has 8 nitrogen and oxygen atoms in total. The number of rotatable bonds is 11. The van der Waals surface area contributed by atoms with E-state index in [2.05, 4.69) is 31.2 Å². The second kappa shape index (κ2) is 11.9. The summed E-state index contributed by atoms with van der Waals surface area (Å²) >= 11 is 0. The molecule has 0 amide bonds. The summed E-state index contributed by atoms with van der Waals surface area (Å²) in [6, 6.07) is 3.86. The highest BCUT2D eigenvalue weighted by Crippen LogP contribution is 2.31. The maximum Gasteiger partial charge on any atom is 0.226 e. The van der Waals surface area contributed by atoms with E-state index < -0.39 is 0 Å². The Morgan fingerprint density at radius 1 is 0.971 bits per heavy atom. The zero-order chi connectivity index (χ0) is 23.2. The van der Waals surface area contributed by atoms with Gasteiger partial charge < -0.3 is 31.9 Å². The van der Waals surface area contributed by atoms with Gasteiger partial charge in [-0.25, -0.2) is 0 Å². The summed E-state index contributed by atoms with van der Waals surface area (Å²) in [5.74, 6) is 3.77. The van der Waals surface area contributed by atoms with Crippen molar-refractivity contribution < 1.29 is 0 Å². The number of piperazine rings is 1. The topological polar surface area (TPSA) is 103 Å². The Kier molecular flexibility index (Phi) is 8.40. The summed E-state index contributed by atoms with van der Waals surface area (Å²) in [6.45, 7) is 6.51. The predicted octanol–water partition coefficient (Wildman–Crippen LogP) is 2.73. The first-order valence-corrected chi connectivity index (χ1v) is 14.1. The molecule has 5 rings (SSSR count). The number of nitrogen functional groups attached to an aromatic ring is 1. The SMILES string of the molecule is Nc1cc(N2CC3CC2CN3)nc(NCC2CCC(CNCCCNC3CCCCC3)CC2)n1. The molecule has 6 N–H and O–H groups in total. The Morgan fingerprint density at radius 2 is 1.76 bits per heavy atom. The van der Waals surface area contributed by atoms with E-state index in [1.54, 1.807) is 0 Å². The quantitative estimate of drug-likeness (QED) is 0.315. The van der Waals surface area contributed by atoms with Crippen molar-refractivity contribution in [2.75, 3.05) is 55.2 Å². The maximum atomic E-state index is 6.12. The molecule has 0 radical (unpaired) electrons. The Labute approximate surface area is 205 Å². The molecule has 2 saturated heterocycles. The highest BCUT2D eigenvalue weighted by atomic mass is 15.3. The predicted molar refractivity (Wildman–Crippen MR) is 140 cm³/mol. The highest BCUT2D eigenvalue weighted by molar-refractivity contribution is 5.53. The number of hydrogen-bond donors (Lipinski definition) is 5. The van der Waals surface area contributed by atoms with E-state index in [-0.39, 0.29) is 0 Å². The average Bonchev–Trinajstić information content (AvgIpc) is 3.50. The monoisotopic (exact) mass is 470 g/mol. The van der Waals surface area contributed by atoms with Crippen molar-refractivity contribution in [2.24, 2.45) is 11.8 Å². The van der Waals surface area contributed by atoms with Crippen LogP contribution in [0.2, 0.25) is 0 Å². The number of nitrogens with one attached hydrogen (secondary N) is 4. The molecular formula is C26H46N8. The first-order chi connectivity index (χ1) is 16.7. The second-order valence-electron chi connectivity index (χ2n) is 11.2. The fraction of sp³-hybridized carbons (Fsp3) is 0.846. The Hall–Kier alpha value is -1.64. The van der Waals surface area contributed by atoms with E-state index in [0.29, 0.717) is 29.8 Å². The van der Waals surface area contributed by atoms with Gasteiger partial charge in [0.05, 0.1) is 0 Å². The van der Waals surface area contributed by atoms with Crippen LogP contribution in [-0.4, -0.2) is 67.4 Å². The van der Waals surface area contributed by atoms with Crippen LogP contribution in [-0.2, 0) is 0 Å². The van der Waals surface area contributed by atoms with E-state index in [4.69, 9.17) is 10.7 Å². The molecule has 0 spiro atoms. The zero-order valence-corrected chi connectivity index (χ0v) is 20.9. The lowest BCUT2D eigenvalue weighted by atomic mass is 9.82. The first kappa shape index (κ1) is 24.1. The van der Waals surface area contributed by atoms with E-state index in [1.807, 2.05) is 6.07 Å². The van der Waals surface area contributed by atoms with Crippen LogP contribution in [0.5, 0.6) is 0 Å². The third kappa shape index (κ3) is 6.52. The third-order valence-corrected chi connectivity index (χ3v) is 8.60. The lowest BCUT2D eigenvalue weighted by Crippen LogP contribution is -2.44. The molecule has 2 unspecified atom stereocenters. The lowest BCUT2D eigenvalue weighted by molar-refractivity contribution is 0.275. The second-order valence-corrected chi connectivity index (χ2v) is 11.2. The van der Waals surface area contributed by atoms with Crippen molar-refractivity contribution in [2.45, 2.75) is 88.8 Å². The smallest absolute Gasteiger partial charge is 0.226 e. The Bertz CT molecular complexity index is 759. The molecular weight excluding hydrogens is 424 g/mol. The summed E-state index contributed by atoms with van der Waals surface area (Å²) in [6.07, 6.45) is 14.7. The number of nitrogens with zero attached hydrogens (tertiary/aromatic N) is 3. The number of anilines is 3. The minimum Gasteiger partial charge on any atom is -0.383 e. The van der Waals surface area contributed by atoms with E-state index in [9.17, 15) is 0 Å². The molecule has 1 aromatic rings. The summed E-state index contributed by atoms with van der Waals surface area (Å²) in [5, 5.41) is 14.5. The standard InChI is InChI=1S/C26H46N8/c27-24-14-25(34-18-22-13-23(34)17-30-22)33-26(32-24)31-16-20-9-7-19(8-10-20)15-28-11-4-12-29-21-5-2-1-3-6-21/h14,19-23,28-30H,1-13,15-18H2,(H3,27,31,32,33). The molecule has 2 aliphatic carbocycles. The van der Waals surface area contributed by atoms with Gasteiger partial charge in [-0.15, -0.1) is 0 Å². The average molecular weight is 471 g/mol. The van der Waals surface area contributed by atoms with Crippen LogP contribution in [0.3, 0.4) is 0 Å². The van der Waals surface area contributed by atoms with Crippen LogP contribution in [0.1, 0.15) is 70.6 Å². The fourth-order valence-corrected chi connectivity index (χ4v) is 6.53. The largest absolute Gasteiger partial charge is 0.383 e. The van der Waals surface area contributed by atoms with E-state index in [0.717, 1.165) is 44.0 Å². The minimum absolute atomic E-state index is 0.546. The van der Waals surface area contributed by atoms with Gasteiger partial charge in [-0.2, -0.15) is 9.97 Å². The molecule has 34 heavy (non-hydrogen) atoms. The van der Waals surface area contributed by atoms with Crippen LogP contribution < -0.4 is 31.9 Å². The van der Waals surface area contributed by atoms with E-state index >= 15 is 0 Å². The van der Waals surface area contributed by atoms with Crippen LogP contribution >= 0.6 is 0 Å². The minimum atomic E-state index is 0.546. The van der Waals surface area contributed by atoms with Gasteiger partial charge in [-0.1, -0.05) is 19.3 Å². The van der Waals surface area contributed by atoms with Crippen molar-refractivity contribution in [1.29, 1.82) is 0 Å². The molecule has 0 aromatic carbocycles. The summed E-state index contributed by atoms with van der Waals surface area (Å²) in [7, 11) is 0. The van der Waals surface area contributed by atoms with Gasteiger partial charge in [-0.05, 0) is 82.8 Å². The molecule has 1 aromatic heterocycles. The normalized spacial score (nSPS) is 29.6.